The third kappa shape index (κ3) is 3.57. The summed E-state index contributed by atoms with van der Waals surface area (Å²) in [5.74, 6) is 1.19. The average Bonchev–Trinajstić information content (AvgIpc) is 3.28. The summed E-state index contributed by atoms with van der Waals surface area (Å²) < 4.78 is 30.3. The van der Waals surface area contributed by atoms with Crippen LogP contribution in [0.2, 0.25) is 0 Å². The number of fused-ring (bicyclic) bond motifs is 1. The minimum atomic E-state index is -3.02. The summed E-state index contributed by atoms with van der Waals surface area (Å²) in [5, 5.41) is 11.2. The minimum Gasteiger partial charge on any atom is -0.497 e. The van der Waals surface area contributed by atoms with Crippen LogP contribution in [0.3, 0.4) is 0 Å². The van der Waals surface area contributed by atoms with Gasteiger partial charge in [-0.05, 0) is 43.5 Å². The van der Waals surface area contributed by atoms with Gasteiger partial charge in [0.1, 0.15) is 15.6 Å². The predicted octanol–water partition coefficient (Wildman–Crippen LogP) is 1.60. The van der Waals surface area contributed by atoms with E-state index in [4.69, 9.17) is 4.74 Å². The van der Waals surface area contributed by atoms with Crippen LogP contribution < -0.4 is 10.1 Å². The first-order chi connectivity index (χ1) is 12.9. The van der Waals surface area contributed by atoms with Crippen molar-refractivity contribution in [2.24, 2.45) is 0 Å². The Hall–Kier alpha value is -2.75. The summed E-state index contributed by atoms with van der Waals surface area (Å²) >= 11 is 0. The Morgan fingerprint density at radius 3 is 2.67 bits per heavy atom. The van der Waals surface area contributed by atoms with Crippen molar-refractivity contribution in [1.82, 2.24) is 25.0 Å². The molecule has 1 aliphatic carbocycles. The van der Waals surface area contributed by atoms with Crippen molar-refractivity contribution in [3.63, 3.8) is 0 Å². The molecule has 2 aromatic heterocycles. The number of sulfone groups is 1. The van der Waals surface area contributed by atoms with E-state index in [0.29, 0.717) is 30.0 Å². The van der Waals surface area contributed by atoms with E-state index in [9.17, 15) is 8.42 Å². The monoisotopic (exact) mass is 388 g/mol. The third-order valence-corrected chi connectivity index (χ3v) is 6.47. The molecule has 3 aromatic rings. The number of methoxy groups -OCH3 is 1. The molecular formula is C17H20N6O3S. The molecule has 1 saturated carbocycles. The van der Waals surface area contributed by atoms with Crippen LogP contribution in [0.25, 0.3) is 16.9 Å². The van der Waals surface area contributed by atoms with Crippen molar-refractivity contribution in [2.75, 3.05) is 18.7 Å². The molecule has 10 heteroatoms. The van der Waals surface area contributed by atoms with Gasteiger partial charge in [0.25, 0.3) is 0 Å². The SMILES string of the molecule is COc1ccc(-n2nnc3cnc(NC4CCC(S(C)(=O)=O)C4)nc32)cc1. The van der Waals surface area contributed by atoms with Crippen LogP contribution >= 0.6 is 0 Å². The van der Waals surface area contributed by atoms with Crippen LogP contribution in [0.1, 0.15) is 19.3 Å². The summed E-state index contributed by atoms with van der Waals surface area (Å²) in [5.41, 5.74) is 1.97. The van der Waals surface area contributed by atoms with E-state index in [2.05, 4.69) is 25.6 Å². The van der Waals surface area contributed by atoms with E-state index >= 15 is 0 Å². The number of anilines is 1. The molecule has 0 spiro atoms. The fraction of sp³-hybridized carbons (Fsp3) is 0.412. The van der Waals surface area contributed by atoms with E-state index < -0.39 is 9.84 Å². The highest BCUT2D eigenvalue weighted by atomic mass is 32.2. The maximum atomic E-state index is 11.7. The number of ether oxygens (including phenoxy) is 1. The summed E-state index contributed by atoms with van der Waals surface area (Å²) in [4.78, 5) is 8.82. The highest BCUT2D eigenvalue weighted by molar-refractivity contribution is 7.91. The number of nitrogens with zero attached hydrogens (tertiary/aromatic N) is 5. The van der Waals surface area contributed by atoms with Crippen molar-refractivity contribution in [3.05, 3.63) is 30.5 Å². The van der Waals surface area contributed by atoms with Crippen LogP contribution in [0, 0.1) is 0 Å². The Balaban J connectivity index is 1.58. The van der Waals surface area contributed by atoms with Gasteiger partial charge in [-0.3, -0.25) is 0 Å². The molecule has 0 bridgehead atoms. The molecule has 0 radical (unpaired) electrons. The van der Waals surface area contributed by atoms with Gasteiger partial charge >= 0.3 is 0 Å². The first-order valence-electron chi connectivity index (χ1n) is 8.62. The number of aromatic nitrogens is 5. The second-order valence-corrected chi connectivity index (χ2v) is 9.03. The quantitative estimate of drug-likeness (QED) is 0.701. The van der Waals surface area contributed by atoms with E-state index in [1.54, 1.807) is 18.0 Å². The van der Waals surface area contributed by atoms with Crippen molar-refractivity contribution in [3.8, 4) is 11.4 Å². The van der Waals surface area contributed by atoms with Gasteiger partial charge in [0.05, 0.1) is 24.2 Å². The number of hydrogen-bond donors (Lipinski definition) is 1. The highest BCUT2D eigenvalue weighted by Crippen LogP contribution is 2.27. The molecule has 1 fully saturated rings. The van der Waals surface area contributed by atoms with E-state index in [-0.39, 0.29) is 11.3 Å². The topological polar surface area (TPSA) is 112 Å². The van der Waals surface area contributed by atoms with Gasteiger partial charge in [-0.25, -0.2) is 13.4 Å². The first-order valence-corrected chi connectivity index (χ1v) is 10.6. The van der Waals surface area contributed by atoms with Crippen molar-refractivity contribution < 1.29 is 13.2 Å². The maximum Gasteiger partial charge on any atom is 0.225 e. The van der Waals surface area contributed by atoms with E-state index in [0.717, 1.165) is 17.9 Å². The molecule has 1 N–H and O–H groups in total. The lowest BCUT2D eigenvalue weighted by Gasteiger charge is -2.12. The zero-order chi connectivity index (χ0) is 19.0. The van der Waals surface area contributed by atoms with Gasteiger partial charge < -0.3 is 10.1 Å². The van der Waals surface area contributed by atoms with Crippen LogP contribution in [0.5, 0.6) is 5.75 Å². The van der Waals surface area contributed by atoms with E-state index in [1.807, 2.05) is 24.3 Å². The fourth-order valence-electron chi connectivity index (χ4n) is 3.34. The Kier molecular flexibility index (Phi) is 4.42. The molecule has 1 aliphatic rings. The minimum absolute atomic E-state index is 0.0347. The Bertz CT molecular complexity index is 1060. The fourth-order valence-corrected chi connectivity index (χ4v) is 4.48. The van der Waals surface area contributed by atoms with Gasteiger partial charge in [0.15, 0.2) is 11.2 Å². The molecule has 9 nitrogen and oxygen atoms in total. The lowest BCUT2D eigenvalue weighted by molar-refractivity contribution is 0.414. The Morgan fingerprint density at radius 2 is 2.00 bits per heavy atom. The van der Waals surface area contributed by atoms with Gasteiger partial charge in [-0.1, -0.05) is 5.21 Å². The average molecular weight is 388 g/mol. The van der Waals surface area contributed by atoms with Crippen LogP contribution in [0.15, 0.2) is 30.5 Å². The molecule has 4 rings (SSSR count). The van der Waals surface area contributed by atoms with Gasteiger partial charge in [-0.15, -0.1) is 5.10 Å². The summed E-state index contributed by atoms with van der Waals surface area (Å²) in [6, 6.07) is 7.46. The number of rotatable bonds is 5. The molecule has 0 aliphatic heterocycles. The number of hydrogen-bond acceptors (Lipinski definition) is 8. The van der Waals surface area contributed by atoms with Gasteiger partial charge in [-0.2, -0.15) is 9.67 Å². The largest absolute Gasteiger partial charge is 0.497 e. The number of benzene rings is 1. The molecule has 27 heavy (non-hydrogen) atoms. The summed E-state index contributed by atoms with van der Waals surface area (Å²) in [6.07, 6.45) is 4.90. The molecule has 2 atom stereocenters. The molecule has 0 saturated heterocycles. The lowest BCUT2D eigenvalue weighted by atomic mass is 10.2. The molecule has 142 valence electrons. The normalized spacial score (nSPS) is 20.1. The maximum absolute atomic E-state index is 11.7. The predicted molar refractivity (Wildman–Crippen MR) is 101 cm³/mol. The molecule has 2 heterocycles. The summed E-state index contributed by atoms with van der Waals surface area (Å²) in [6.45, 7) is 0. The Labute approximate surface area is 156 Å². The zero-order valence-corrected chi connectivity index (χ0v) is 15.8. The first kappa shape index (κ1) is 17.7. The van der Waals surface area contributed by atoms with Crippen LogP contribution in [-0.4, -0.2) is 58.0 Å². The third-order valence-electron chi connectivity index (χ3n) is 4.83. The van der Waals surface area contributed by atoms with Crippen LogP contribution in [0.4, 0.5) is 5.95 Å². The zero-order valence-electron chi connectivity index (χ0n) is 15.0. The van der Waals surface area contributed by atoms with Crippen molar-refractivity contribution in [1.29, 1.82) is 0 Å². The Morgan fingerprint density at radius 1 is 1.22 bits per heavy atom. The molecule has 0 amide bonds. The second kappa shape index (κ2) is 6.76. The smallest absolute Gasteiger partial charge is 0.225 e. The van der Waals surface area contributed by atoms with Crippen molar-refractivity contribution in [2.45, 2.75) is 30.6 Å². The number of nitrogens with one attached hydrogen (secondary N) is 1. The van der Waals surface area contributed by atoms with E-state index in [1.165, 1.54) is 6.26 Å². The van der Waals surface area contributed by atoms with Crippen LogP contribution in [-0.2, 0) is 9.84 Å². The lowest BCUT2D eigenvalue weighted by Crippen LogP contribution is -2.21. The molecule has 1 aromatic carbocycles. The van der Waals surface area contributed by atoms with Gasteiger partial charge in [0, 0.05) is 12.3 Å². The summed E-state index contributed by atoms with van der Waals surface area (Å²) in [7, 11) is -1.40. The molecule has 2 unspecified atom stereocenters. The van der Waals surface area contributed by atoms with Crippen molar-refractivity contribution >= 4 is 26.9 Å². The molecular weight excluding hydrogens is 368 g/mol. The second-order valence-electron chi connectivity index (χ2n) is 6.71. The highest BCUT2D eigenvalue weighted by Gasteiger charge is 2.31. The standard InChI is InChI=1S/C17H20N6O3S/c1-26-13-6-4-12(5-7-13)23-16-15(21-22-23)10-18-17(20-16)19-11-3-8-14(9-11)27(2,24)25/h4-7,10-11,14H,3,8-9H2,1-2H3,(H,18,19,20). The van der Waals surface area contributed by atoms with Gasteiger partial charge in [0.2, 0.25) is 5.95 Å².